The van der Waals surface area contributed by atoms with Gasteiger partial charge in [-0.25, -0.2) is 4.39 Å². The highest BCUT2D eigenvalue weighted by Crippen LogP contribution is 2.32. The van der Waals surface area contributed by atoms with E-state index in [4.69, 9.17) is 27.3 Å². The average molecular weight is 360 g/mol. The molecular formula is C13H9BrClFN2O2. The van der Waals surface area contributed by atoms with Gasteiger partial charge in [-0.15, -0.1) is 0 Å². The molecule has 0 spiro atoms. The summed E-state index contributed by atoms with van der Waals surface area (Å²) < 4.78 is 19.8. The van der Waals surface area contributed by atoms with E-state index in [-0.39, 0.29) is 27.9 Å². The Labute approximate surface area is 127 Å². The third kappa shape index (κ3) is 3.02. The number of nitrogens with zero attached hydrogens (tertiary/aromatic N) is 1. The van der Waals surface area contributed by atoms with Crippen molar-refractivity contribution in [1.29, 1.82) is 0 Å². The van der Waals surface area contributed by atoms with E-state index in [2.05, 4.69) is 21.1 Å². The first-order chi connectivity index (χ1) is 9.52. The van der Waals surface area contributed by atoms with Gasteiger partial charge in [-0.3, -0.25) is 0 Å². The van der Waals surface area contributed by atoms with Crippen LogP contribution in [0, 0.1) is 5.82 Å². The summed E-state index contributed by atoms with van der Waals surface area (Å²) in [5.41, 5.74) is 5.74. The Hall–Kier alpha value is -1.79. The second kappa shape index (κ2) is 6.11. The fourth-order valence-electron chi connectivity index (χ4n) is 1.56. The van der Waals surface area contributed by atoms with Crippen molar-refractivity contribution in [3.05, 3.63) is 57.3 Å². The van der Waals surface area contributed by atoms with Crippen molar-refractivity contribution in [2.45, 2.75) is 0 Å². The van der Waals surface area contributed by atoms with Crippen LogP contribution < -0.4 is 10.5 Å². The summed E-state index contributed by atoms with van der Waals surface area (Å²) in [6.07, 6.45) is 0. The van der Waals surface area contributed by atoms with E-state index in [0.29, 0.717) is 4.47 Å². The Morgan fingerprint density at radius 3 is 2.70 bits per heavy atom. The fourth-order valence-corrected chi connectivity index (χ4v) is 2.16. The van der Waals surface area contributed by atoms with Crippen LogP contribution in [-0.4, -0.2) is 11.0 Å². The van der Waals surface area contributed by atoms with Crippen LogP contribution >= 0.6 is 27.5 Å². The molecule has 0 saturated heterocycles. The van der Waals surface area contributed by atoms with Crippen LogP contribution in [0.4, 0.5) is 4.39 Å². The third-order valence-electron chi connectivity index (χ3n) is 2.45. The second-order valence-corrected chi connectivity index (χ2v) is 5.10. The lowest BCUT2D eigenvalue weighted by molar-refractivity contribution is 0.318. The Morgan fingerprint density at radius 1 is 1.30 bits per heavy atom. The van der Waals surface area contributed by atoms with Gasteiger partial charge in [0, 0.05) is 4.47 Å². The zero-order valence-electron chi connectivity index (χ0n) is 9.98. The molecule has 3 N–H and O–H groups in total. The molecule has 0 atom stereocenters. The summed E-state index contributed by atoms with van der Waals surface area (Å²) in [5, 5.41) is 11.9. The van der Waals surface area contributed by atoms with E-state index in [1.807, 2.05) is 0 Å². The predicted molar refractivity (Wildman–Crippen MR) is 78.1 cm³/mol. The molecule has 0 heterocycles. The van der Waals surface area contributed by atoms with Gasteiger partial charge >= 0.3 is 0 Å². The highest BCUT2D eigenvalue weighted by molar-refractivity contribution is 9.10. The molecule has 104 valence electrons. The van der Waals surface area contributed by atoms with E-state index in [0.717, 1.165) is 0 Å². The summed E-state index contributed by atoms with van der Waals surface area (Å²) in [4.78, 5) is 0. The standard InChI is InChI=1S/C13H9BrClFN2O2/c14-7-4-5-10(9(16)6-7)20-11-3-1-2-8(15)12(11)13(17)18-19/h1-6,19H,(H2,17,18). The van der Waals surface area contributed by atoms with Crippen LogP contribution in [0.2, 0.25) is 5.02 Å². The molecule has 0 fully saturated rings. The summed E-state index contributed by atoms with van der Waals surface area (Å²) in [5.74, 6) is -0.579. The number of rotatable bonds is 3. The van der Waals surface area contributed by atoms with E-state index in [1.54, 1.807) is 24.3 Å². The van der Waals surface area contributed by atoms with Gasteiger partial charge in [0.15, 0.2) is 17.4 Å². The molecule has 0 aliphatic carbocycles. The largest absolute Gasteiger partial charge is 0.453 e. The SMILES string of the molecule is NC(=NO)c1c(Cl)cccc1Oc1ccc(Br)cc1F. The van der Waals surface area contributed by atoms with E-state index >= 15 is 0 Å². The van der Waals surface area contributed by atoms with Crippen molar-refractivity contribution < 1.29 is 14.3 Å². The Balaban J connectivity index is 2.46. The number of nitrogens with two attached hydrogens (primary N) is 1. The normalized spacial score (nSPS) is 11.4. The molecular weight excluding hydrogens is 351 g/mol. The molecule has 2 rings (SSSR count). The Kier molecular flexibility index (Phi) is 4.46. The van der Waals surface area contributed by atoms with Gasteiger partial charge in [-0.1, -0.05) is 38.8 Å². The zero-order valence-corrected chi connectivity index (χ0v) is 12.3. The van der Waals surface area contributed by atoms with E-state index in [9.17, 15) is 4.39 Å². The van der Waals surface area contributed by atoms with Gasteiger partial charge in [-0.2, -0.15) is 0 Å². The summed E-state index contributed by atoms with van der Waals surface area (Å²) >= 11 is 9.13. The Morgan fingerprint density at radius 2 is 2.05 bits per heavy atom. The summed E-state index contributed by atoms with van der Waals surface area (Å²) in [6, 6.07) is 9.06. The van der Waals surface area contributed by atoms with Crippen molar-refractivity contribution in [3.8, 4) is 11.5 Å². The van der Waals surface area contributed by atoms with Gasteiger partial charge in [-0.05, 0) is 30.3 Å². The summed E-state index contributed by atoms with van der Waals surface area (Å²) in [7, 11) is 0. The van der Waals surface area contributed by atoms with Gasteiger partial charge in [0.25, 0.3) is 0 Å². The third-order valence-corrected chi connectivity index (χ3v) is 3.26. The first-order valence-corrected chi connectivity index (χ1v) is 6.59. The number of hydrogen-bond donors (Lipinski definition) is 2. The molecule has 0 saturated carbocycles. The van der Waals surface area contributed by atoms with Crippen molar-refractivity contribution in [1.82, 2.24) is 0 Å². The highest BCUT2D eigenvalue weighted by Gasteiger charge is 2.15. The lowest BCUT2D eigenvalue weighted by atomic mass is 10.2. The van der Waals surface area contributed by atoms with Gasteiger partial charge < -0.3 is 15.7 Å². The van der Waals surface area contributed by atoms with Crippen LogP contribution in [0.15, 0.2) is 46.0 Å². The van der Waals surface area contributed by atoms with Crippen LogP contribution in [-0.2, 0) is 0 Å². The lowest BCUT2D eigenvalue weighted by Crippen LogP contribution is -2.15. The molecule has 4 nitrogen and oxygen atoms in total. The first-order valence-electron chi connectivity index (χ1n) is 5.42. The smallest absolute Gasteiger partial charge is 0.175 e. The number of ether oxygens (including phenoxy) is 1. The minimum absolute atomic E-state index is 0.00227. The molecule has 0 aliphatic heterocycles. The average Bonchev–Trinajstić information content (AvgIpc) is 2.41. The minimum atomic E-state index is -0.551. The van der Waals surface area contributed by atoms with Gasteiger partial charge in [0.05, 0.1) is 10.6 Å². The molecule has 0 amide bonds. The van der Waals surface area contributed by atoms with E-state index in [1.165, 1.54) is 12.1 Å². The van der Waals surface area contributed by atoms with Crippen LogP contribution in [0.3, 0.4) is 0 Å². The minimum Gasteiger partial charge on any atom is -0.453 e. The van der Waals surface area contributed by atoms with Crippen molar-refractivity contribution in [2.24, 2.45) is 10.9 Å². The zero-order chi connectivity index (χ0) is 14.7. The summed E-state index contributed by atoms with van der Waals surface area (Å²) in [6.45, 7) is 0. The fraction of sp³-hybridized carbons (Fsp3) is 0. The van der Waals surface area contributed by atoms with Crippen molar-refractivity contribution in [2.75, 3.05) is 0 Å². The number of oxime groups is 1. The number of halogens is 3. The molecule has 20 heavy (non-hydrogen) atoms. The molecule has 0 bridgehead atoms. The molecule has 2 aromatic rings. The highest BCUT2D eigenvalue weighted by atomic mass is 79.9. The maximum absolute atomic E-state index is 13.8. The number of benzene rings is 2. The molecule has 0 aliphatic rings. The van der Waals surface area contributed by atoms with Crippen LogP contribution in [0.1, 0.15) is 5.56 Å². The van der Waals surface area contributed by atoms with E-state index < -0.39 is 5.82 Å². The van der Waals surface area contributed by atoms with Gasteiger partial charge in [0.1, 0.15) is 5.75 Å². The first kappa shape index (κ1) is 14.6. The maximum Gasteiger partial charge on any atom is 0.175 e. The molecule has 7 heteroatoms. The molecule has 0 radical (unpaired) electrons. The lowest BCUT2D eigenvalue weighted by Gasteiger charge is -2.12. The second-order valence-electron chi connectivity index (χ2n) is 3.78. The Bertz CT molecular complexity index is 679. The molecule has 0 aromatic heterocycles. The number of amidine groups is 1. The molecule has 2 aromatic carbocycles. The van der Waals surface area contributed by atoms with Crippen LogP contribution in [0.5, 0.6) is 11.5 Å². The van der Waals surface area contributed by atoms with Crippen molar-refractivity contribution in [3.63, 3.8) is 0 Å². The topological polar surface area (TPSA) is 67.8 Å². The maximum atomic E-state index is 13.8. The molecule has 0 unspecified atom stereocenters. The van der Waals surface area contributed by atoms with Crippen molar-refractivity contribution >= 4 is 33.4 Å². The van der Waals surface area contributed by atoms with Crippen LogP contribution in [0.25, 0.3) is 0 Å². The monoisotopic (exact) mass is 358 g/mol. The predicted octanol–water partition coefficient (Wildman–Crippen LogP) is 4.13. The van der Waals surface area contributed by atoms with Gasteiger partial charge in [0.2, 0.25) is 0 Å². The number of hydrogen-bond acceptors (Lipinski definition) is 3. The quantitative estimate of drug-likeness (QED) is 0.375.